The molecule has 0 amide bonds. The Morgan fingerprint density at radius 2 is 2.00 bits per heavy atom. The summed E-state index contributed by atoms with van der Waals surface area (Å²) in [7, 11) is 0. The van der Waals surface area contributed by atoms with Crippen LogP contribution in [-0.4, -0.2) is 11.7 Å². The third-order valence-corrected chi connectivity index (χ3v) is 2.91. The Hall–Kier alpha value is -0.0400. The van der Waals surface area contributed by atoms with Crippen LogP contribution in [0, 0.1) is 11.8 Å². The molecule has 1 rings (SSSR count). The molecule has 66 valence electrons. The Morgan fingerprint density at radius 1 is 1.18 bits per heavy atom. The molecule has 11 heavy (non-hydrogen) atoms. The van der Waals surface area contributed by atoms with E-state index < -0.39 is 0 Å². The molecule has 0 unspecified atom stereocenters. The molecule has 0 bridgehead atoms. The summed E-state index contributed by atoms with van der Waals surface area (Å²) in [6.07, 6.45) is 7.90. The van der Waals surface area contributed by atoms with Crippen molar-refractivity contribution < 1.29 is 5.11 Å². The zero-order chi connectivity index (χ0) is 8.10. The molecule has 0 aliphatic heterocycles. The first-order valence-electron chi connectivity index (χ1n) is 4.93. The van der Waals surface area contributed by atoms with Gasteiger partial charge < -0.3 is 5.11 Å². The average Bonchev–Trinajstić information content (AvgIpc) is 2.17. The summed E-state index contributed by atoms with van der Waals surface area (Å²) >= 11 is 0. The van der Waals surface area contributed by atoms with E-state index in [-0.39, 0.29) is 0 Å². The standard InChI is InChI=1S/C10H20O/c1-9-3-2-4-10(6-5-9)7-8-11/h9-11H,2-8H2,1H3/t9-,10+/m1/s1. The van der Waals surface area contributed by atoms with Crippen LogP contribution < -0.4 is 0 Å². The van der Waals surface area contributed by atoms with Gasteiger partial charge in [-0.2, -0.15) is 0 Å². The van der Waals surface area contributed by atoms with Crippen molar-refractivity contribution in [2.24, 2.45) is 11.8 Å². The molecule has 1 saturated carbocycles. The molecule has 0 saturated heterocycles. The van der Waals surface area contributed by atoms with Crippen LogP contribution in [0.15, 0.2) is 0 Å². The van der Waals surface area contributed by atoms with E-state index in [2.05, 4.69) is 6.92 Å². The smallest absolute Gasteiger partial charge is 0.0433 e. The molecule has 0 radical (unpaired) electrons. The molecule has 0 aromatic heterocycles. The van der Waals surface area contributed by atoms with Crippen LogP contribution in [0.5, 0.6) is 0 Å². The Kier molecular flexibility index (Phi) is 3.92. The average molecular weight is 156 g/mol. The van der Waals surface area contributed by atoms with Gasteiger partial charge in [-0.1, -0.05) is 39.0 Å². The number of aliphatic hydroxyl groups is 1. The minimum atomic E-state index is 0.388. The number of hydrogen-bond donors (Lipinski definition) is 1. The van der Waals surface area contributed by atoms with Gasteiger partial charge in [0, 0.05) is 6.61 Å². The molecule has 0 aromatic rings. The van der Waals surface area contributed by atoms with Crippen molar-refractivity contribution in [2.45, 2.75) is 45.4 Å². The molecular formula is C10H20O. The van der Waals surface area contributed by atoms with Crippen molar-refractivity contribution >= 4 is 0 Å². The largest absolute Gasteiger partial charge is 0.396 e. The predicted molar refractivity (Wildman–Crippen MR) is 47.4 cm³/mol. The van der Waals surface area contributed by atoms with Crippen LogP contribution in [-0.2, 0) is 0 Å². The maximum absolute atomic E-state index is 8.78. The lowest BCUT2D eigenvalue weighted by Gasteiger charge is -2.11. The van der Waals surface area contributed by atoms with E-state index in [1.54, 1.807) is 0 Å². The summed E-state index contributed by atoms with van der Waals surface area (Å²) in [6.45, 7) is 2.74. The van der Waals surface area contributed by atoms with Crippen molar-refractivity contribution in [1.29, 1.82) is 0 Å². The molecule has 1 heteroatoms. The van der Waals surface area contributed by atoms with E-state index in [1.165, 1.54) is 32.1 Å². The summed E-state index contributed by atoms with van der Waals surface area (Å²) in [5, 5.41) is 8.78. The van der Waals surface area contributed by atoms with Crippen molar-refractivity contribution in [3.05, 3.63) is 0 Å². The van der Waals surface area contributed by atoms with Crippen LogP contribution >= 0.6 is 0 Å². The van der Waals surface area contributed by atoms with Gasteiger partial charge in [0.05, 0.1) is 0 Å². The van der Waals surface area contributed by atoms with Crippen LogP contribution in [0.4, 0.5) is 0 Å². The highest BCUT2D eigenvalue weighted by Crippen LogP contribution is 2.28. The number of rotatable bonds is 2. The third kappa shape index (κ3) is 3.24. The lowest BCUT2D eigenvalue weighted by molar-refractivity contribution is 0.247. The van der Waals surface area contributed by atoms with Crippen LogP contribution in [0.2, 0.25) is 0 Å². The number of aliphatic hydroxyl groups excluding tert-OH is 1. The molecule has 0 heterocycles. The highest BCUT2D eigenvalue weighted by atomic mass is 16.3. The zero-order valence-corrected chi connectivity index (χ0v) is 7.55. The Morgan fingerprint density at radius 3 is 2.73 bits per heavy atom. The van der Waals surface area contributed by atoms with Crippen LogP contribution in [0.3, 0.4) is 0 Å². The van der Waals surface area contributed by atoms with Crippen molar-refractivity contribution in [2.75, 3.05) is 6.61 Å². The Bertz CT molecular complexity index is 101. The van der Waals surface area contributed by atoms with E-state index in [0.717, 1.165) is 18.3 Å². The quantitative estimate of drug-likeness (QED) is 0.609. The Labute approximate surface area is 69.8 Å². The van der Waals surface area contributed by atoms with Gasteiger partial charge in [0.2, 0.25) is 0 Å². The second kappa shape index (κ2) is 4.76. The van der Waals surface area contributed by atoms with E-state index in [9.17, 15) is 0 Å². The molecule has 1 aliphatic rings. The molecule has 1 nitrogen and oxygen atoms in total. The number of hydrogen-bond acceptors (Lipinski definition) is 1. The minimum Gasteiger partial charge on any atom is -0.396 e. The van der Waals surface area contributed by atoms with Gasteiger partial charge in [0.15, 0.2) is 0 Å². The monoisotopic (exact) mass is 156 g/mol. The second-order valence-electron chi connectivity index (χ2n) is 3.99. The summed E-state index contributed by atoms with van der Waals surface area (Å²) in [5.74, 6) is 1.75. The molecule has 2 atom stereocenters. The lowest BCUT2D eigenvalue weighted by atomic mass is 9.96. The summed E-state index contributed by atoms with van der Waals surface area (Å²) in [6, 6.07) is 0. The maximum Gasteiger partial charge on any atom is 0.0433 e. The van der Waals surface area contributed by atoms with Gasteiger partial charge >= 0.3 is 0 Å². The van der Waals surface area contributed by atoms with E-state index in [4.69, 9.17) is 5.11 Å². The van der Waals surface area contributed by atoms with Crippen molar-refractivity contribution in [3.63, 3.8) is 0 Å². The normalized spacial score (nSPS) is 33.3. The fraction of sp³-hybridized carbons (Fsp3) is 1.00. The van der Waals surface area contributed by atoms with Gasteiger partial charge in [0.1, 0.15) is 0 Å². The molecular weight excluding hydrogens is 136 g/mol. The first-order chi connectivity index (χ1) is 5.33. The molecule has 1 fully saturated rings. The SMILES string of the molecule is C[C@@H]1CCC[C@H](CCO)CC1. The van der Waals surface area contributed by atoms with Gasteiger partial charge in [-0.05, 0) is 18.3 Å². The minimum absolute atomic E-state index is 0.388. The fourth-order valence-electron chi connectivity index (χ4n) is 2.04. The highest BCUT2D eigenvalue weighted by Gasteiger charge is 2.14. The highest BCUT2D eigenvalue weighted by molar-refractivity contribution is 4.67. The third-order valence-electron chi connectivity index (χ3n) is 2.91. The van der Waals surface area contributed by atoms with Gasteiger partial charge in [-0.15, -0.1) is 0 Å². The first-order valence-corrected chi connectivity index (χ1v) is 4.93. The fourth-order valence-corrected chi connectivity index (χ4v) is 2.04. The van der Waals surface area contributed by atoms with Crippen LogP contribution in [0.25, 0.3) is 0 Å². The van der Waals surface area contributed by atoms with Crippen molar-refractivity contribution in [3.8, 4) is 0 Å². The molecule has 0 aromatic carbocycles. The summed E-state index contributed by atoms with van der Waals surface area (Å²) < 4.78 is 0. The van der Waals surface area contributed by atoms with Gasteiger partial charge in [-0.3, -0.25) is 0 Å². The second-order valence-corrected chi connectivity index (χ2v) is 3.99. The van der Waals surface area contributed by atoms with E-state index in [0.29, 0.717) is 6.61 Å². The lowest BCUT2D eigenvalue weighted by Crippen LogP contribution is -2.01. The molecule has 1 N–H and O–H groups in total. The van der Waals surface area contributed by atoms with Crippen LogP contribution in [0.1, 0.15) is 45.4 Å². The van der Waals surface area contributed by atoms with Gasteiger partial charge in [-0.25, -0.2) is 0 Å². The first kappa shape index (κ1) is 9.05. The predicted octanol–water partition coefficient (Wildman–Crippen LogP) is 2.59. The maximum atomic E-state index is 8.78. The van der Waals surface area contributed by atoms with E-state index in [1.807, 2.05) is 0 Å². The summed E-state index contributed by atoms with van der Waals surface area (Å²) in [5.41, 5.74) is 0. The Balaban J connectivity index is 2.22. The molecule has 1 aliphatic carbocycles. The van der Waals surface area contributed by atoms with E-state index >= 15 is 0 Å². The summed E-state index contributed by atoms with van der Waals surface area (Å²) in [4.78, 5) is 0. The topological polar surface area (TPSA) is 20.2 Å². The molecule has 0 spiro atoms. The zero-order valence-electron chi connectivity index (χ0n) is 7.55. The van der Waals surface area contributed by atoms with Crippen molar-refractivity contribution in [1.82, 2.24) is 0 Å². The van der Waals surface area contributed by atoms with Gasteiger partial charge in [0.25, 0.3) is 0 Å².